The second-order valence-corrected chi connectivity index (χ2v) is 4.79. The zero-order chi connectivity index (χ0) is 13.5. The third kappa shape index (κ3) is 5.19. The third-order valence-electron chi connectivity index (χ3n) is 2.26. The van der Waals surface area contributed by atoms with Gasteiger partial charge in [0.25, 0.3) is 5.91 Å². The molecule has 1 amide bonds. The van der Waals surface area contributed by atoms with Crippen LogP contribution in [0, 0.1) is 5.92 Å². The molecule has 1 rings (SSSR count). The molecule has 0 saturated heterocycles. The highest BCUT2D eigenvalue weighted by atomic mass is 16.5. The average Bonchev–Trinajstić information content (AvgIpc) is 2.34. The van der Waals surface area contributed by atoms with Crippen LogP contribution < -0.4 is 10.1 Å². The molecule has 0 unspecified atom stereocenters. The van der Waals surface area contributed by atoms with E-state index in [2.05, 4.69) is 19.2 Å². The number of carbonyl (C=O) groups excluding carboxylic acids is 1. The van der Waals surface area contributed by atoms with Crippen molar-refractivity contribution in [1.82, 2.24) is 5.32 Å². The highest BCUT2D eigenvalue weighted by molar-refractivity contribution is 5.94. The van der Waals surface area contributed by atoms with E-state index in [0.717, 1.165) is 5.75 Å². The number of aliphatic hydroxyl groups is 1. The van der Waals surface area contributed by atoms with Crippen molar-refractivity contribution in [2.75, 3.05) is 13.2 Å². The quantitative estimate of drug-likeness (QED) is 0.811. The predicted octanol–water partition coefficient (Wildman–Crippen LogP) is 1.83. The monoisotopic (exact) mass is 251 g/mol. The maximum atomic E-state index is 11.7. The molecule has 100 valence electrons. The lowest BCUT2D eigenvalue weighted by atomic mass is 10.2. The second kappa shape index (κ2) is 7.01. The van der Waals surface area contributed by atoms with Crippen LogP contribution in [-0.4, -0.2) is 30.3 Å². The summed E-state index contributed by atoms with van der Waals surface area (Å²) in [6.07, 6.45) is -0.539. The Morgan fingerprint density at radius 2 is 1.89 bits per heavy atom. The molecule has 0 aromatic heterocycles. The van der Waals surface area contributed by atoms with Gasteiger partial charge in [0.1, 0.15) is 5.75 Å². The number of amides is 1. The number of nitrogens with one attached hydrogen (secondary N) is 1. The first kappa shape index (κ1) is 14.5. The van der Waals surface area contributed by atoms with E-state index >= 15 is 0 Å². The van der Waals surface area contributed by atoms with Crippen molar-refractivity contribution in [2.45, 2.75) is 26.9 Å². The van der Waals surface area contributed by atoms with Gasteiger partial charge >= 0.3 is 0 Å². The van der Waals surface area contributed by atoms with Crippen LogP contribution >= 0.6 is 0 Å². The van der Waals surface area contributed by atoms with Crippen molar-refractivity contribution in [3.05, 3.63) is 29.8 Å². The average molecular weight is 251 g/mol. The zero-order valence-corrected chi connectivity index (χ0v) is 11.1. The molecule has 0 saturated carbocycles. The minimum Gasteiger partial charge on any atom is -0.493 e. The van der Waals surface area contributed by atoms with Gasteiger partial charge < -0.3 is 15.2 Å². The van der Waals surface area contributed by atoms with E-state index in [1.807, 2.05) is 0 Å². The molecule has 0 fully saturated rings. The topological polar surface area (TPSA) is 58.6 Å². The molecule has 0 bridgehead atoms. The van der Waals surface area contributed by atoms with E-state index in [4.69, 9.17) is 9.84 Å². The van der Waals surface area contributed by atoms with Gasteiger partial charge in [-0.1, -0.05) is 13.8 Å². The molecule has 0 aliphatic carbocycles. The van der Waals surface area contributed by atoms with Gasteiger partial charge in [-0.2, -0.15) is 0 Å². The van der Waals surface area contributed by atoms with Crippen LogP contribution in [0.1, 0.15) is 31.1 Å². The van der Waals surface area contributed by atoms with E-state index in [-0.39, 0.29) is 12.5 Å². The molecule has 0 heterocycles. The molecule has 18 heavy (non-hydrogen) atoms. The van der Waals surface area contributed by atoms with E-state index in [9.17, 15) is 4.79 Å². The lowest BCUT2D eigenvalue weighted by molar-refractivity contribution is 0.0924. The molecular weight excluding hydrogens is 230 g/mol. The first-order valence-corrected chi connectivity index (χ1v) is 6.18. The maximum absolute atomic E-state index is 11.7. The summed E-state index contributed by atoms with van der Waals surface area (Å²) in [7, 11) is 0. The Labute approximate surface area is 108 Å². The molecule has 1 atom stereocenters. The fraction of sp³-hybridized carbons (Fsp3) is 0.500. The van der Waals surface area contributed by atoms with Gasteiger partial charge in [-0.25, -0.2) is 0 Å². The highest BCUT2D eigenvalue weighted by Crippen LogP contribution is 2.13. The van der Waals surface area contributed by atoms with E-state index < -0.39 is 6.10 Å². The van der Waals surface area contributed by atoms with Crippen LogP contribution in [-0.2, 0) is 0 Å². The summed E-state index contributed by atoms with van der Waals surface area (Å²) >= 11 is 0. The Balaban J connectivity index is 2.51. The van der Waals surface area contributed by atoms with Gasteiger partial charge in [0, 0.05) is 12.1 Å². The fourth-order valence-electron chi connectivity index (χ4n) is 1.31. The number of hydrogen-bond acceptors (Lipinski definition) is 3. The SMILES string of the molecule is CC(C)COc1ccc(C(=O)NC[C@@H](C)O)cc1. The molecular formula is C14H21NO3. The summed E-state index contributed by atoms with van der Waals surface area (Å²) in [6, 6.07) is 6.99. The van der Waals surface area contributed by atoms with Gasteiger partial charge in [-0.05, 0) is 37.1 Å². The molecule has 0 radical (unpaired) electrons. The van der Waals surface area contributed by atoms with Crippen molar-refractivity contribution in [1.29, 1.82) is 0 Å². The zero-order valence-electron chi connectivity index (χ0n) is 11.1. The largest absolute Gasteiger partial charge is 0.493 e. The van der Waals surface area contributed by atoms with Crippen molar-refractivity contribution in [2.24, 2.45) is 5.92 Å². The van der Waals surface area contributed by atoms with Crippen LogP contribution in [0.5, 0.6) is 5.75 Å². The van der Waals surface area contributed by atoms with E-state index in [1.165, 1.54) is 0 Å². The smallest absolute Gasteiger partial charge is 0.251 e. The standard InChI is InChI=1S/C14H21NO3/c1-10(2)9-18-13-6-4-12(5-7-13)14(17)15-8-11(3)16/h4-7,10-11,16H,8-9H2,1-3H3,(H,15,17)/t11-/m1/s1. The summed E-state index contributed by atoms with van der Waals surface area (Å²) in [5.41, 5.74) is 0.563. The molecule has 0 aliphatic heterocycles. The molecule has 4 heteroatoms. The van der Waals surface area contributed by atoms with Crippen molar-refractivity contribution < 1.29 is 14.6 Å². The molecule has 1 aromatic carbocycles. The van der Waals surface area contributed by atoms with Crippen LogP contribution in [0.3, 0.4) is 0 Å². The first-order valence-electron chi connectivity index (χ1n) is 6.18. The van der Waals surface area contributed by atoms with Gasteiger partial charge in [0.05, 0.1) is 12.7 Å². The van der Waals surface area contributed by atoms with Crippen molar-refractivity contribution in [3.63, 3.8) is 0 Å². The Hall–Kier alpha value is -1.55. The second-order valence-electron chi connectivity index (χ2n) is 4.79. The Morgan fingerprint density at radius 1 is 1.28 bits per heavy atom. The predicted molar refractivity (Wildman–Crippen MR) is 70.8 cm³/mol. The van der Waals surface area contributed by atoms with Crippen molar-refractivity contribution in [3.8, 4) is 5.75 Å². The summed E-state index contributed by atoms with van der Waals surface area (Å²) in [5, 5.41) is 11.7. The minimum atomic E-state index is -0.539. The molecule has 0 spiro atoms. The summed E-state index contributed by atoms with van der Waals surface area (Å²) in [4.78, 5) is 11.7. The van der Waals surface area contributed by atoms with Crippen LogP contribution in [0.2, 0.25) is 0 Å². The van der Waals surface area contributed by atoms with Gasteiger partial charge in [-0.3, -0.25) is 4.79 Å². The highest BCUT2D eigenvalue weighted by Gasteiger charge is 2.06. The minimum absolute atomic E-state index is 0.189. The summed E-state index contributed by atoms with van der Waals surface area (Å²) < 4.78 is 5.53. The Kier molecular flexibility index (Phi) is 5.65. The van der Waals surface area contributed by atoms with Crippen LogP contribution in [0.15, 0.2) is 24.3 Å². The number of hydrogen-bond donors (Lipinski definition) is 2. The normalized spacial score (nSPS) is 12.3. The lowest BCUT2D eigenvalue weighted by Crippen LogP contribution is -2.30. The number of benzene rings is 1. The first-order chi connectivity index (χ1) is 8.49. The van der Waals surface area contributed by atoms with Gasteiger partial charge in [-0.15, -0.1) is 0 Å². The van der Waals surface area contributed by atoms with Gasteiger partial charge in [0.2, 0.25) is 0 Å². The maximum Gasteiger partial charge on any atom is 0.251 e. The number of carbonyl (C=O) groups is 1. The Bertz CT molecular complexity index is 371. The summed E-state index contributed by atoms with van der Waals surface area (Å²) in [5.74, 6) is 1.04. The molecule has 4 nitrogen and oxygen atoms in total. The van der Waals surface area contributed by atoms with E-state index in [0.29, 0.717) is 18.1 Å². The van der Waals surface area contributed by atoms with E-state index in [1.54, 1.807) is 31.2 Å². The van der Waals surface area contributed by atoms with Crippen molar-refractivity contribution >= 4 is 5.91 Å². The molecule has 2 N–H and O–H groups in total. The van der Waals surface area contributed by atoms with Crippen LogP contribution in [0.4, 0.5) is 0 Å². The lowest BCUT2D eigenvalue weighted by Gasteiger charge is -2.10. The number of ether oxygens (including phenoxy) is 1. The fourth-order valence-corrected chi connectivity index (χ4v) is 1.31. The van der Waals surface area contributed by atoms with Gasteiger partial charge in [0.15, 0.2) is 0 Å². The molecule has 1 aromatic rings. The summed E-state index contributed by atoms with van der Waals surface area (Å²) in [6.45, 7) is 6.71. The third-order valence-corrected chi connectivity index (χ3v) is 2.26. The van der Waals surface area contributed by atoms with Crippen LogP contribution in [0.25, 0.3) is 0 Å². The molecule has 0 aliphatic rings. The Morgan fingerprint density at radius 3 is 2.39 bits per heavy atom. The number of aliphatic hydroxyl groups excluding tert-OH is 1. The number of rotatable bonds is 6.